The molecule has 6 nitrogen and oxygen atoms in total. The summed E-state index contributed by atoms with van der Waals surface area (Å²) in [5, 5.41) is 11.4. The highest BCUT2D eigenvalue weighted by molar-refractivity contribution is 6.51. The number of ketones is 1. The minimum atomic E-state index is -0.827. The van der Waals surface area contributed by atoms with E-state index in [1.807, 2.05) is 64.1 Å². The second-order valence-electron chi connectivity index (χ2n) is 8.71. The summed E-state index contributed by atoms with van der Waals surface area (Å²) in [7, 11) is 0. The maximum atomic E-state index is 13.4. The van der Waals surface area contributed by atoms with Gasteiger partial charge >= 0.3 is 0 Å². The minimum absolute atomic E-state index is 0.0202. The topological polar surface area (TPSA) is 76.1 Å². The van der Waals surface area contributed by atoms with Crippen LogP contribution in [0.1, 0.15) is 43.5 Å². The van der Waals surface area contributed by atoms with Gasteiger partial charge in [0.2, 0.25) is 0 Å². The Balaban J connectivity index is 1.91. The van der Waals surface area contributed by atoms with E-state index in [1.165, 1.54) is 4.90 Å². The molecule has 0 aliphatic carbocycles. The number of Topliss-reactive ketones (excluding diaryl/α,β-unsaturated/α-hetero) is 1. The van der Waals surface area contributed by atoms with Gasteiger partial charge in [-0.1, -0.05) is 36.4 Å². The summed E-state index contributed by atoms with van der Waals surface area (Å²) in [5.41, 5.74) is 2.61. The van der Waals surface area contributed by atoms with Gasteiger partial charge in [0, 0.05) is 11.3 Å². The zero-order chi connectivity index (χ0) is 25.1. The third-order valence-corrected chi connectivity index (χ3v) is 5.69. The van der Waals surface area contributed by atoms with Gasteiger partial charge in [-0.05, 0) is 75.2 Å². The van der Waals surface area contributed by atoms with Gasteiger partial charge in [0.15, 0.2) is 0 Å². The smallest absolute Gasteiger partial charge is 0.300 e. The number of nitrogens with zero attached hydrogens (tertiary/aromatic N) is 1. The number of aliphatic hydroxyl groups is 1. The van der Waals surface area contributed by atoms with E-state index in [-0.39, 0.29) is 17.4 Å². The fraction of sp³-hybridized carbons (Fsp3) is 0.241. The molecule has 180 valence electrons. The van der Waals surface area contributed by atoms with Crippen molar-refractivity contribution in [1.29, 1.82) is 0 Å². The van der Waals surface area contributed by atoms with Crippen LogP contribution in [0.3, 0.4) is 0 Å². The number of hydrogen-bond acceptors (Lipinski definition) is 5. The van der Waals surface area contributed by atoms with Gasteiger partial charge < -0.3 is 14.6 Å². The summed E-state index contributed by atoms with van der Waals surface area (Å²) in [6, 6.07) is 20.7. The SMILES string of the molecule is CCOc1cccc(C2/C(=C(\O)c3cccc(OC(C)C)c3)C(=O)C(=O)N2c2cccc(C)c2)c1. The zero-order valence-electron chi connectivity index (χ0n) is 20.3. The molecular formula is C29H29NO5. The van der Waals surface area contributed by atoms with Crippen molar-refractivity contribution in [3.63, 3.8) is 0 Å². The average molecular weight is 472 g/mol. The molecule has 3 aromatic carbocycles. The van der Waals surface area contributed by atoms with Crippen LogP contribution in [0.2, 0.25) is 0 Å². The Bertz CT molecular complexity index is 1290. The normalized spacial score (nSPS) is 17.2. The van der Waals surface area contributed by atoms with Crippen molar-refractivity contribution in [2.45, 2.75) is 39.8 Å². The summed E-state index contributed by atoms with van der Waals surface area (Å²) in [4.78, 5) is 28.2. The van der Waals surface area contributed by atoms with Gasteiger partial charge in [0.05, 0.1) is 24.3 Å². The summed E-state index contributed by atoms with van der Waals surface area (Å²) in [5.74, 6) is -0.511. The van der Waals surface area contributed by atoms with E-state index in [0.29, 0.717) is 34.9 Å². The van der Waals surface area contributed by atoms with Gasteiger partial charge in [-0.15, -0.1) is 0 Å². The maximum absolute atomic E-state index is 13.4. The number of carbonyl (C=O) groups excluding carboxylic acids is 2. The van der Waals surface area contributed by atoms with E-state index in [2.05, 4.69) is 0 Å². The molecule has 4 rings (SSSR count). The van der Waals surface area contributed by atoms with Gasteiger partial charge in [-0.3, -0.25) is 14.5 Å². The number of amides is 1. The van der Waals surface area contributed by atoms with Gasteiger partial charge in [-0.2, -0.15) is 0 Å². The Morgan fingerprint density at radius 2 is 1.69 bits per heavy atom. The molecule has 1 aliphatic heterocycles. The van der Waals surface area contributed by atoms with Gasteiger partial charge in [-0.25, -0.2) is 0 Å². The molecule has 0 radical (unpaired) electrons. The molecule has 6 heteroatoms. The summed E-state index contributed by atoms with van der Waals surface area (Å²) < 4.78 is 11.4. The molecule has 0 aromatic heterocycles. The second kappa shape index (κ2) is 10.1. The lowest BCUT2D eigenvalue weighted by Crippen LogP contribution is -2.29. The first-order valence-electron chi connectivity index (χ1n) is 11.7. The van der Waals surface area contributed by atoms with Crippen LogP contribution in [-0.4, -0.2) is 29.5 Å². The first kappa shape index (κ1) is 24.1. The number of aryl methyl sites for hydroxylation is 1. The predicted octanol–water partition coefficient (Wildman–Crippen LogP) is 5.81. The summed E-state index contributed by atoms with van der Waals surface area (Å²) in [6.45, 7) is 8.10. The number of ether oxygens (including phenoxy) is 2. The fourth-order valence-corrected chi connectivity index (χ4v) is 4.28. The Kier molecular flexibility index (Phi) is 6.92. The summed E-state index contributed by atoms with van der Waals surface area (Å²) >= 11 is 0. The van der Waals surface area contributed by atoms with Crippen LogP contribution in [0.5, 0.6) is 11.5 Å². The molecule has 1 N–H and O–H groups in total. The highest BCUT2D eigenvalue weighted by atomic mass is 16.5. The molecule has 1 fully saturated rings. The highest BCUT2D eigenvalue weighted by Crippen LogP contribution is 2.43. The average Bonchev–Trinajstić information content (AvgIpc) is 3.09. The Morgan fingerprint density at radius 1 is 0.971 bits per heavy atom. The first-order valence-corrected chi connectivity index (χ1v) is 11.7. The third-order valence-electron chi connectivity index (χ3n) is 5.69. The van der Waals surface area contributed by atoms with Crippen LogP contribution < -0.4 is 14.4 Å². The van der Waals surface area contributed by atoms with Crippen molar-refractivity contribution in [1.82, 2.24) is 0 Å². The Hall–Kier alpha value is -4.06. The van der Waals surface area contributed by atoms with Crippen molar-refractivity contribution >= 4 is 23.1 Å². The number of rotatable bonds is 7. The Morgan fingerprint density at radius 3 is 2.40 bits per heavy atom. The molecule has 0 spiro atoms. The van der Waals surface area contributed by atoms with Crippen molar-refractivity contribution in [2.24, 2.45) is 0 Å². The lowest BCUT2D eigenvalue weighted by molar-refractivity contribution is -0.132. The van der Waals surface area contributed by atoms with E-state index in [0.717, 1.165) is 5.56 Å². The fourth-order valence-electron chi connectivity index (χ4n) is 4.28. The molecule has 1 amide bonds. The van der Waals surface area contributed by atoms with Crippen molar-refractivity contribution in [3.8, 4) is 11.5 Å². The lowest BCUT2D eigenvalue weighted by Gasteiger charge is -2.26. The van der Waals surface area contributed by atoms with E-state index in [4.69, 9.17) is 9.47 Å². The number of benzene rings is 3. The maximum Gasteiger partial charge on any atom is 0.300 e. The van der Waals surface area contributed by atoms with Crippen molar-refractivity contribution < 1.29 is 24.2 Å². The molecule has 0 saturated carbocycles. The largest absolute Gasteiger partial charge is 0.507 e. The molecule has 1 unspecified atom stereocenters. The first-order chi connectivity index (χ1) is 16.8. The quantitative estimate of drug-likeness (QED) is 0.267. The number of aliphatic hydroxyl groups excluding tert-OH is 1. The molecule has 1 aliphatic rings. The summed E-state index contributed by atoms with van der Waals surface area (Å²) in [6.07, 6.45) is -0.0550. The van der Waals surface area contributed by atoms with Crippen molar-refractivity contribution in [2.75, 3.05) is 11.5 Å². The third kappa shape index (κ3) is 4.92. The van der Waals surface area contributed by atoms with E-state index in [9.17, 15) is 14.7 Å². The van der Waals surface area contributed by atoms with Crippen LogP contribution in [0.4, 0.5) is 5.69 Å². The van der Waals surface area contributed by atoms with Crippen LogP contribution in [0.25, 0.3) is 5.76 Å². The monoisotopic (exact) mass is 471 g/mol. The molecule has 35 heavy (non-hydrogen) atoms. The zero-order valence-corrected chi connectivity index (χ0v) is 20.3. The van der Waals surface area contributed by atoms with Crippen LogP contribution in [0, 0.1) is 6.92 Å². The molecule has 1 atom stereocenters. The van der Waals surface area contributed by atoms with E-state index < -0.39 is 17.7 Å². The second-order valence-corrected chi connectivity index (χ2v) is 8.71. The van der Waals surface area contributed by atoms with E-state index >= 15 is 0 Å². The predicted molar refractivity (Wildman–Crippen MR) is 136 cm³/mol. The highest BCUT2D eigenvalue weighted by Gasteiger charge is 2.47. The number of hydrogen-bond donors (Lipinski definition) is 1. The molecule has 3 aromatic rings. The molecule has 0 bridgehead atoms. The molecular weight excluding hydrogens is 442 g/mol. The standard InChI is InChI=1S/C29H29NO5/c1-5-34-23-13-7-10-20(16-23)26-25(27(31)21-11-8-14-24(17-21)35-18(2)3)28(32)29(33)30(26)22-12-6-9-19(4)15-22/h6-18,26,31H,5H2,1-4H3/b27-25+. The van der Waals surface area contributed by atoms with Crippen LogP contribution in [0.15, 0.2) is 78.4 Å². The minimum Gasteiger partial charge on any atom is -0.507 e. The van der Waals surface area contributed by atoms with Gasteiger partial charge in [0.25, 0.3) is 11.7 Å². The number of carbonyl (C=O) groups is 2. The Labute approximate surface area is 205 Å². The lowest BCUT2D eigenvalue weighted by atomic mass is 9.95. The molecule has 1 heterocycles. The van der Waals surface area contributed by atoms with Gasteiger partial charge in [0.1, 0.15) is 17.3 Å². The van der Waals surface area contributed by atoms with Crippen LogP contribution >= 0.6 is 0 Å². The van der Waals surface area contributed by atoms with Crippen LogP contribution in [-0.2, 0) is 9.59 Å². The molecule has 1 saturated heterocycles. The number of anilines is 1. The van der Waals surface area contributed by atoms with E-state index in [1.54, 1.807) is 36.4 Å². The van der Waals surface area contributed by atoms with Crippen molar-refractivity contribution in [3.05, 3.63) is 95.1 Å².